The Kier molecular flexibility index (Phi) is 3.34. The Balaban J connectivity index is 1.86. The van der Waals surface area contributed by atoms with Crippen molar-refractivity contribution >= 4 is 5.82 Å². The first-order chi connectivity index (χ1) is 7.38. The van der Waals surface area contributed by atoms with Gasteiger partial charge in [-0.1, -0.05) is 0 Å². The molecule has 0 amide bonds. The number of hydrogen-bond acceptors (Lipinski definition) is 5. The fourth-order valence-corrected chi connectivity index (χ4v) is 1.47. The average Bonchev–Trinajstić information content (AvgIpc) is 2.79. The van der Waals surface area contributed by atoms with Crippen LogP contribution in [0.15, 0.2) is 12.4 Å². The number of aromatic nitrogens is 2. The van der Waals surface area contributed by atoms with E-state index in [2.05, 4.69) is 15.3 Å². The van der Waals surface area contributed by atoms with Gasteiger partial charge in [0.2, 0.25) is 5.88 Å². The molecule has 1 aromatic heterocycles. The van der Waals surface area contributed by atoms with Gasteiger partial charge in [-0.15, -0.1) is 0 Å². The Labute approximate surface area is 88.8 Å². The second-order valence-corrected chi connectivity index (χ2v) is 3.53. The number of nitrogens with zero attached hydrogens (tertiary/aromatic N) is 2. The van der Waals surface area contributed by atoms with Gasteiger partial charge in [-0.05, 0) is 6.42 Å². The molecule has 0 saturated carbocycles. The molecule has 1 fully saturated rings. The van der Waals surface area contributed by atoms with Gasteiger partial charge in [0.15, 0.2) is 0 Å². The Morgan fingerprint density at radius 3 is 3.27 bits per heavy atom. The molecule has 1 unspecified atom stereocenters. The molecule has 0 radical (unpaired) electrons. The summed E-state index contributed by atoms with van der Waals surface area (Å²) in [4.78, 5) is 8.04. The minimum atomic E-state index is 0.498. The molecule has 82 valence electrons. The van der Waals surface area contributed by atoms with E-state index in [0.717, 1.165) is 25.5 Å². The lowest BCUT2D eigenvalue weighted by atomic mass is 10.1. The second-order valence-electron chi connectivity index (χ2n) is 3.53. The van der Waals surface area contributed by atoms with Crippen LogP contribution < -0.4 is 10.1 Å². The number of nitrogens with one attached hydrogen (secondary N) is 1. The third-order valence-electron chi connectivity index (χ3n) is 2.39. The number of ether oxygens (including phenoxy) is 2. The van der Waals surface area contributed by atoms with E-state index in [4.69, 9.17) is 9.47 Å². The lowest BCUT2D eigenvalue weighted by Gasteiger charge is -2.09. The van der Waals surface area contributed by atoms with Gasteiger partial charge in [-0.25, -0.2) is 9.97 Å². The molecule has 1 aliphatic rings. The first kappa shape index (κ1) is 10.2. The van der Waals surface area contributed by atoms with Crippen molar-refractivity contribution in [3.8, 4) is 5.88 Å². The van der Waals surface area contributed by atoms with Gasteiger partial charge in [-0.2, -0.15) is 0 Å². The molecule has 0 bridgehead atoms. The molecule has 1 aromatic rings. The molecule has 2 rings (SSSR count). The van der Waals surface area contributed by atoms with Crippen LogP contribution in [0.1, 0.15) is 6.42 Å². The minimum Gasteiger partial charge on any atom is -0.477 e. The summed E-state index contributed by atoms with van der Waals surface area (Å²) in [6.07, 6.45) is 2.57. The van der Waals surface area contributed by atoms with Gasteiger partial charge in [0, 0.05) is 25.6 Å². The lowest BCUT2D eigenvalue weighted by Crippen LogP contribution is -2.12. The van der Waals surface area contributed by atoms with Crippen molar-refractivity contribution in [3.05, 3.63) is 12.4 Å². The Morgan fingerprint density at radius 1 is 1.60 bits per heavy atom. The molecule has 0 aliphatic carbocycles. The normalized spacial score (nSPS) is 20.2. The topological polar surface area (TPSA) is 56.3 Å². The minimum absolute atomic E-state index is 0.498. The van der Waals surface area contributed by atoms with E-state index in [1.165, 1.54) is 6.33 Å². The van der Waals surface area contributed by atoms with Gasteiger partial charge in [0.1, 0.15) is 12.1 Å². The summed E-state index contributed by atoms with van der Waals surface area (Å²) in [6, 6.07) is 1.79. The van der Waals surface area contributed by atoms with Crippen molar-refractivity contribution < 1.29 is 9.47 Å². The molecular weight excluding hydrogens is 194 g/mol. The highest BCUT2D eigenvalue weighted by molar-refractivity contribution is 5.35. The zero-order chi connectivity index (χ0) is 10.5. The van der Waals surface area contributed by atoms with Crippen LogP contribution in [-0.2, 0) is 4.74 Å². The smallest absolute Gasteiger partial charge is 0.218 e. The van der Waals surface area contributed by atoms with E-state index in [0.29, 0.717) is 18.4 Å². The fraction of sp³-hybridized carbons (Fsp3) is 0.600. The van der Waals surface area contributed by atoms with Gasteiger partial charge < -0.3 is 14.8 Å². The van der Waals surface area contributed by atoms with Gasteiger partial charge in [-0.3, -0.25) is 0 Å². The summed E-state index contributed by atoms with van der Waals surface area (Å²) < 4.78 is 10.8. The second kappa shape index (κ2) is 4.93. The van der Waals surface area contributed by atoms with Crippen LogP contribution in [0.4, 0.5) is 5.82 Å². The number of anilines is 1. The van der Waals surface area contributed by atoms with Crippen molar-refractivity contribution in [1.82, 2.24) is 9.97 Å². The quantitative estimate of drug-likeness (QED) is 0.799. The number of hydrogen-bond donors (Lipinski definition) is 1. The van der Waals surface area contributed by atoms with Gasteiger partial charge in [0.05, 0.1) is 13.2 Å². The zero-order valence-electron chi connectivity index (χ0n) is 8.77. The predicted octanol–water partition coefficient (Wildman–Crippen LogP) is 0.934. The Bertz CT molecular complexity index is 313. The summed E-state index contributed by atoms with van der Waals surface area (Å²) in [6.45, 7) is 2.31. The highest BCUT2D eigenvalue weighted by Crippen LogP contribution is 2.15. The van der Waals surface area contributed by atoms with Gasteiger partial charge >= 0.3 is 0 Å². The Morgan fingerprint density at radius 2 is 2.53 bits per heavy atom. The SMILES string of the molecule is CNc1cc(OCC2CCOC2)ncn1. The van der Waals surface area contributed by atoms with Crippen LogP contribution in [0.2, 0.25) is 0 Å². The maximum absolute atomic E-state index is 5.56. The monoisotopic (exact) mass is 209 g/mol. The van der Waals surface area contributed by atoms with E-state index in [1.54, 1.807) is 6.07 Å². The van der Waals surface area contributed by atoms with Crippen LogP contribution in [0, 0.1) is 5.92 Å². The van der Waals surface area contributed by atoms with Crippen molar-refractivity contribution in [3.63, 3.8) is 0 Å². The highest BCUT2D eigenvalue weighted by atomic mass is 16.5. The number of rotatable bonds is 4. The molecule has 0 aromatic carbocycles. The van der Waals surface area contributed by atoms with Crippen molar-refractivity contribution in [2.75, 3.05) is 32.2 Å². The Hall–Kier alpha value is -1.36. The third-order valence-corrected chi connectivity index (χ3v) is 2.39. The summed E-state index contributed by atoms with van der Waals surface area (Å²) in [5, 5.41) is 2.94. The van der Waals surface area contributed by atoms with Crippen LogP contribution in [0.3, 0.4) is 0 Å². The molecule has 1 saturated heterocycles. The molecule has 5 heteroatoms. The lowest BCUT2D eigenvalue weighted by molar-refractivity contribution is 0.165. The van der Waals surface area contributed by atoms with Gasteiger partial charge in [0.25, 0.3) is 0 Å². The average molecular weight is 209 g/mol. The summed E-state index contributed by atoms with van der Waals surface area (Å²) in [7, 11) is 1.82. The maximum Gasteiger partial charge on any atom is 0.218 e. The van der Waals surface area contributed by atoms with E-state index >= 15 is 0 Å². The largest absolute Gasteiger partial charge is 0.477 e. The zero-order valence-corrected chi connectivity index (χ0v) is 8.77. The molecule has 2 heterocycles. The van der Waals surface area contributed by atoms with Crippen LogP contribution in [-0.4, -0.2) is 36.8 Å². The molecule has 1 N–H and O–H groups in total. The first-order valence-corrected chi connectivity index (χ1v) is 5.09. The summed E-state index contributed by atoms with van der Waals surface area (Å²) in [5.74, 6) is 1.88. The van der Waals surface area contributed by atoms with E-state index in [-0.39, 0.29) is 0 Å². The van der Waals surface area contributed by atoms with E-state index in [9.17, 15) is 0 Å². The molecule has 5 nitrogen and oxygen atoms in total. The molecule has 15 heavy (non-hydrogen) atoms. The highest BCUT2D eigenvalue weighted by Gasteiger charge is 2.16. The van der Waals surface area contributed by atoms with Crippen LogP contribution in [0.25, 0.3) is 0 Å². The third kappa shape index (κ3) is 2.79. The molecule has 0 spiro atoms. The first-order valence-electron chi connectivity index (χ1n) is 5.09. The molecule has 1 aliphatic heterocycles. The van der Waals surface area contributed by atoms with E-state index < -0.39 is 0 Å². The van der Waals surface area contributed by atoms with E-state index in [1.807, 2.05) is 7.05 Å². The van der Waals surface area contributed by atoms with Crippen molar-refractivity contribution in [1.29, 1.82) is 0 Å². The molecule has 1 atom stereocenters. The summed E-state index contributed by atoms with van der Waals surface area (Å²) >= 11 is 0. The standard InChI is InChI=1S/C10H15N3O2/c1-11-9-4-10(13-7-12-9)15-6-8-2-3-14-5-8/h4,7-8H,2-3,5-6H2,1H3,(H,11,12,13). The van der Waals surface area contributed by atoms with Crippen LogP contribution >= 0.6 is 0 Å². The fourth-order valence-electron chi connectivity index (χ4n) is 1.47. The van der Waals surface area contributed by atoms with Crippen molar-refractivity contribution in [2.45, 2.75) is 6.42 Å². The summed E-state index contributed by atoms with van der Waals surface area (Å²) in [5.41, 5.74) is 0. The van der Waals surface area contributed by atoms with Crippen molar-refractivity contribution in [2.24, 2.45) is 5.92 Å². The predicted molar refractivity (Wildman–Crippen MR) is 56.0 cm³/mol. The molecular formula is C10H15N3O2. The maximum atomic E-state index is 5.56. The van der Waals surface area contributed by atoms with Crippen LogP contribution in [0.5, 0.6) is 5.88 Å².